The first kappa shape index (κ1) is 19.2. The molecule has 160 valence electrons. The molecule has 0 saturated heterocycles. The lowest BCUT2D eigenvalue weighted by molar-refractivity contribution is 0.666. The highest BCUT2D eigenvalue weighted by Gasteiger charge is 2.52. The maximum atomic E-state index is 6.38. The first-order chi connectivity index (χ1) is 16.7. The number of benzene rings is 5. The molecule has 0 radical (unpaired) electrons. The summed E-state index contributed by atoms with van der Waals surface area (Å²) in [6.07, 6.45) is 0. The fourth-order valence-corrected chi connectivity index (χ4v) is 7.47. The molecule has 1 aromatic heterocycles. The molecule has 0 N–H and O–H groups in total. The molecule has 0 saturated carbocycles. The number of hydrogen-bond acceptors (Lipinski definition) is 1. The zero-order chi connectivity index (χ0) is 22.6. The van der Waals surface area contributed by atoms with E-state index in [9.17, 15) is 0 Å². The molecule has 0 fully saturated rings. The summed E-state index contributed by atoms with van der Waals surface area (Å²) in [5, 5.41) is 2.29. The van der Waals surface area contributed by atoms with E-state index in [0.29, 0.717) is 0 Å². The third-order valence-electron chi connectivity index (χ3n) is 7.62. The van der Waals surface area contributed by atoms with Crippen molar-refractivity contribution < 1.29 is 4.42 Å². The SMILES string of the molecule is Brc1ccc2c(c1)C1(c3ccccc3-c3ccccc31)c1cc3c(oc4ccccc43)c(Br)c1-2. The molecule has 34 heavy (non-hydrogen) atoms. The molecule has 3 heteroatoms. The quantitative estimate of drug-likeness (QED) is 0.179. The van der Waals surface area contributed by atoms with Crippen LogP contribution in [0.4, 0.5) is 0 Å². The van der Waals surface area contributed by atoms with Gasteiger partial charge in [-0.1, -0.05) is 88.7 Å². The molecule has 5 aromatic carbocycles. The van der Waals surface area contributed by atoms with Gasteiger partial charge in [0, 0.05) is 20.8 Å². The fraction of sp³-hybridized carbons (Fsp3) is 0.0323. The van der Waals surface area contributed by atoms with Crippen LogP contribution >= 0.6 is 31.9 Å². The van der Waals surface area contributed by atoms with E-state index in [-0.39, 0.29) is 5.41 Å². The molecule has 2 aliphatic carbocycles. The first-order valence-corrected chi connectivity index (χ1v) is 12.9. The van der Waals surface area contributed by atoms with E-state index < -0.39 is 0 Å². The van der Waals surface area contributed by atoms with Crippen LogP contribution in [-0.4, -0.2) is 0 Å². The summed E-state index contributed by atoms with van der Waals surface area (Å²) in [6, 6.07) is 35.2. The Kier molecular flexibility index (Phi) is 3.67. The summed E-state index contributed by atoms with van der Waals surface area (Å²) in [5.41, 5.74) is 11.8. The molecule has 2 aliphatic rings. The van der Waals surface area contributed by atoms with Gasteiger partial charge in [0.05, 0.1) is 9.89 Å². The van der Waals surface area contributed by atoms with Gasteiger partial charge in [0.2, 0.25) is 0 Å². The Balaban J connectivity index is 1.64. The van der Waals surface area contributed by atoms with Crippen LogP contribution in [0.15, 0.2) is 110 Å². The molecule has 0 unspecified atom stereocenters. The van der Waals surface area contributed by atoms with Gasteiger partial charge in [-0.3, -0.25) is 0 Å². The van der Waals surface area contributed by atoms with Gasteiger partial charge in [-0.15, -0.1) is 0 Å². The van der Waals surface area contributed by atoms with Crippen molar-refractivity contribution in [1.29, 1.82) is 0 Å². The summed E-state index contributed by atoms with van der Waals surface area (Å²) < 4.78 is 8.50. The third-order valence-corrected chi connectivity index (χ3v) is 8.87. The van der Waals surface area contributed by atoms with Crippen molar-refractivity contribution in [3.05, 3.63) is 128 Å². The molecule has 6 aromatic rings. The molecule has 1 heterocycles. The van der Waals surface area contributed by atoms with Crippen LogP contribution in [0.5, 0.6) is 0 Å². The van der Waals surface area contributed by atoms with E-state index in [0.717, 1.165) is 30.9 Å². The van der Waals surface area contributed by atoms with E-state index >= 15 is 0 Å². The molecule has 0 atom stereocenters. The third kappa shape index (κ3) is 2.12. The van der Waals surface area contributed by atoms with Gasteiger partial charge in [-0.25, -0.2) is 0 Å². The fourth-order valence-electron chi connectivity index (χ4n) is 6.38. The maximum Gasteiger partial charge on any atom is 0.150 e. The average Bonchev–Trinajstić information content (AvgIpc) is 3.48. The Morgan fingerprint density at radius 2 is 1.24 bits per heavy atom. The Bertz CT molecular complexity index is 1800. The number of rotatable bonds is 0. The largest absolute Gasteiger partial charge is 0.455 e. The zero-order valence-corrected chi connectivity index (χ0v) is 21.1. The molecule has 8 rings (SSSR count). The van der Waals surface area contributed by atoms with Gasteiger partial charge in [0.15, 0.2) is 0 Å². The molecule has 0 aliphatic heterocycles. The van der Waals surface area contributed by atoms with E-state index in [1.807, 2.05) is 12.1 Å². The van der Waals surface area contributed by atoms with Crippen LogP contribution < -0.4 is 0 Å². The van der Waals surface area contributed by atoms with Crippen LogP contribution in [0.2, 0.25) is 0 Å². The minimum Gasteiger partial charge on any atom is -0.455 e. The number of halogens is 2. The van der Waals surface area contributed by atoms with E-state index in [1.165, 1.54) is 44.5 Å². The Morgan fingerprint density at radius 3 is 2.00 bits per heavy atom. The maximum absolute atomic E-state index is 6.38. The van der Waals surface area contributed by atoms with Crippen molar-refractivity contribution in [2.45, 2.75) is 5.41 Å². The average molecular weight is 564 g/mol. The monoisotopic (exact) mass is 562 g/mol. The summed E-state index contributed by atoms with van der Waals surface area (Å²) >= 11 is 7.78. The topological polar surface area (TPSA) is 13.1 Å². The van der Waals surface area contributed by atoms with Crippen LogP contribution in [0.1, 0.15) is 22.3 Å². The minimum atomic E-state index is -0.378. The molecule has 0 bridgehead atoms. The van der Waals surface area contributed by atoms with Crippen molar-refractivity contribution in [3.8, 4) is 22.3 Å². The van der Waals surface area contributed by atoms with Gasteiger partial charge in [-0.2, -0.15) is 0 Å². The standard InChI is InChI=1S/C31H16Br2O/c32-17-13-14-21-25(15-17)31(23-10-4-1-7-18(23)19-8-2-5-11-24(19)31)26-16-22-20-9-3-6-12-27(20)34-30(22)29(33)28(21)26/h1-16H. The second kappa shape index (κ2) is 6.50. The first-order valence-electron chi connectivity index (χ1n) is 11.3. The van der Waals surface area contributed by atoms with Gasteiger partial charge in [0.1, 0.15) is 11.2 Å². The predicted molar refractivity (Wildman–Crippen MR) is 145 cm³/mol. The Hall–Kier alpha value is -3.14. The van der Waals surface area contributed by atoms with Crippen molar-refractivity contribution in [3.63, 3.8) is 0 Å². The van der Waals surface area contributed by atoms with E-state index in [2.05, 4.69) is 117 Å². The van der Waals surface area contributed by atoms with Crippen LogP contribution in [-0.2, 0) is 5.41 Å². The molecule has 0 amide bonds. The lowest BCUT2D eigenvalue weighted by atomic mass is 9.70. The van der Waals surface area contributed by atoms with Crippen LogP contribution in [0, 0.1) is 0 Å². The number of para-hydroxylation sites is 1. The number of furan rings is 1. The number of fused-ring (bicyclic) bond motifs is 13. The van der Waals surface area contributed by atoms with E-state index in [1.54, 1.807) is 0 Å². The molecular weight excluding hydrogens is 548 g/mol. The molecule has 1 nitrogen and oxygen atoms in total. The van der Waals surface area contributed by atoms with Gasteiger partial charge in [0.25, 0.3) is 0 Å². The molecule has 1 spiro atoms. The Labute approximate surface area is 213 Å². The summed E-state index contributed by atoms with van der Waals surface area (Å²) in [4.78, 5) is 0. The lowest BCUT2D eigenvalue weighted by Gasteiger charge is -2.30. The Morgan fingerprint density at radius 1 is 0.559 bits per heavy atom. The van der Waals surface area contributed by atoms with Gasteiger partial charge >= 0.3 is 0 Å². The van der Waals surface area contributed by atoms with Gasteiger partial charge in [-0.05, 0) is 79.1 Å². The van der Waals surface area contributed by atoms with Crippen molar-refractivity contribution in [2.75, 3.05) is 0 Å². The highest BCUT2D eigenvalue weighted by molar-refractivity contribution is 9.11. The van der Waals surface area contributed by atoms with E-state index in [4.69, 9.17) is 4.42 Å². The predicted octanol–water partition coefficient (Wildman–Crippen LogP) is 9.45. The second-order valence-electron chi connectivity index (χ2n) is 9.12. The summed E-state index contributed by atoms with van der Waals surface area (Å²) in [5.74, 6) is 0. The van der Waals surface area contributed by atoms with Crippen molar-refractivity contribution in [1.82, 2.24) is 0 Å². The highest BCUT2D eigenvalue weighted by atomic mass is 79.9. The van der Waals surface area contributed by atoms with Crippen molar-refractivity contribution in [2.24, 2.45) is 0 Å². The summed E-state index contributed by atoms with van der Waals surface area (Å²) in [7, 11) is 0. The molecular formula is C31H16Br2O. The lowest BCUT2D eigenvalue weighted by Crippen LogP contribution is -2.25. The second-order valence-corrected chi connectivity index (χ2v) is 10.8. The zero-order valence-electron chi connectivity index (χ0n) is 17.9. The van der Waals surface area contributed by atoms with Gasteiger partial charge < -0.3 is 4.42 Å². The minimum absolute atomic E-state index is 0.378. The highest BCUT2D eigenvalue weighted by Crippen LogP contribution is 2.65. The smallest absolute Gasteiger partial charge is 0.150 e. The number of hydrogen-bond donors (Lipinski definition) is 0. The normalized spacial score (nSPS) is 14.4. The summed E-state index contributed by atoms with van der Waals surface area (Å²) in [6.45, 7) is 0. The van der Waals surface area contributed by atoms with Crippen LogP contribution in [0.3, 0.4) is 0 Å². The van der Waals surface area contributed by atoms with Crippen LogP contribution in [0.25, 0.3) is 44.2 Å². The van der Waals surface area contributed by atoms with Crippen molar-refractivity contribution >= 4 is 53.8 Å².